The van der Waals surface area contributed by atoms with Gasteiger partial charge in [0.1, 0.15) is 0 Å². The number of hydrogen-bond donors (Lipinski definition) is 1. The highest BCUT2D eigenvalue weighted by molar-refractivity contribution is 5.92. The number of terminal acetylenes is 1. The first-order valence-electron chi connectivity index (χ1n) is 4.58. The number of piperidine rings is 1. The third kappa shape index (κ3) is 2.46. The van der Waals surface area contributed by atoms with Crippen LogP contribution in [0.3, 0.4) is 0 Å². The van der Waals surface area contributed by atoms with Crippen molar-refractivity contribution in [2.75, 3.05) is 13.1 Å². The molecule has 1 N–H and O–H groups in total. The summed E-state index contributed by atoms with van der Waals surface area (Å²) in [7, 11) is 0. The second-order valence-electron chi connectivity index (χ2n) is 3.54. The molecule has 1 rings (SSSR count). The van der Waals surface area contributed by atoms with Gasteiger partial charge in [-0.2, -0.15) is 0 Å². The van der Waals surface area contributed by atoms with Gasteiger partial charge in [0.2, 0.25) is 0 Å². The normalized spacial score (nSPS) is 25.0. The molecular weight excluding hydrogens is 166 g/mol. The second kappa shape index (κ2) is 4.29. The number of amides is 1. The van der Waals surface area contributed by atoms with Gasteiger partial charge in [0.25, 0.3) is 5.91 Å². The summed E-state index contributed by atoms with van der Waals surface area (Å²) in [6.45, 7) is 3.08. The zero-order valence-electron chi connectivity index (χ0n) is 7.86. The number of aliphatic hydroxyl groups excluding tert-OH is 1. The highest BCUT2D eigenvalue weighted by atomic mass is 16.3. The molecule has 1 aliphatic rings. The zero-order valence-corrected chi connectivity index (χ0v) is 7.86. The smallest absolute Gasteiger partial charge is 0.298 e. The van der Waals surface area contributed by atoms with E-state index in [0.717, 1.165) is 19.4 Å². The van der Waals surface area contributed by atoms with E-state index in [-0.39, 0.29) is 17.9 Å². The molecule has 3 heteroatoms. The lowest BCUT2D eigenvalue weighted by Gasteiger charge is -2.32. The number of aliphatic hydroxyl groups is 1. The third-order valence-electron chi connectivity index (χ3n) is 2.55. The SMILES string of the molecule is C#CC(=O)N1CCCC(C(C)O)C1. The summed E-state index contributed by atoms with van der Waals surface area (Å²) in [6, 6.07) is 0. The van der Waals surface area contributed by atoms with Gasteiger partial charge in [-0.1, -0.05) is 0 Å². The molecule has 0 aromatic carbocycles. The van der Waals surface area contributed by atoms with Crippen molar-refractivity contribution in [1.82, 2.24) is 4.90 Å². The molecule has 0 aromatic heterocycles. The standard InChI is InChI=1S/C10H15NO2/c1-3-10(13)11-6-4-5-9(7-11)8(2)12/h1,8-9,12H,4-7H2,2H3. The maximum atomic E-state index is 11.1. The minimum absolute atomic E-state index is 0.186. The molecule has 1 heterocycles. The first-order valence-corrected chi connectivity index (χ1v) is 4.58. The van der Waals surface area contributed by atoms with Crippen LogP contribution >= 0.6 is 0 Å². The molecule has 1 fully saturated rings. The van der Waals surface area contributed by atoms with Gasteiger partial charge in [0, 0.05) is 19.0 Å². The molecule has 0 radical (unpaired) electrons. The minimum atomic E-state index is -0.353. The molecule has 1 aliphatic heterocycles. The zero-order chi connectivity index (χ0) is 9.84. The minimum Gasteiger partial charge on any atom is -0.393 e. The molecule has 0 spiro atoms. The molecule has 3 nitrogen and oxygen atoms in total. The lowest BCUT2D eigenvalue weighted by molar-refractivity contribution is -0.127. The molecule has 2 atom stereocenters. The second-order valence-corrected chi connectivity index (χ2v) is 3.54. The summed E-state index contributed by atoms with van der Waals surface area (Å²) < 4.78 is 0. The van der Waals surface area contributed by atoms with E-state index in [1.807, 2.05) is 0 Å². The van der Waals surface area contributed by atoms with Gasteiger partial charge in [-0.25, -0.2) is 0 Å². The van der Waals surface area contributed by atoms with Crippen molar-refractivity contribution in [2.45, 2.75) is 25.9 Å². The molecule has 13 heavy (non-hydrogen) atoms. The van der Waals surface area contributed by atoms with Crippen LogP contribution in [-0.4, -0.2) is 35.1 Å². The van der Waals surface area contributed by atoms with Gasteiger partial charge < -0.3 is 10.0 Å². The Morgan fingerprint density at radius 1 is 1.77 bits per heavy atom. The molecular formula is C10H15NO2. The van der Waals surface area contributed by atoms with Crippen molar-refractivity contribution in [3.05, 3.63) is 0 Å². The number of carbonyl (C=O) groups is 1. The summed E-state index contributed by atoms with van der Waals surface area (Å²) in [5.74, 6) is 2.03. The molecule has 1 amide bonds. The topological polar surface area (TPSA) is 40.5 Å². The van der Waals surface area contributed by atoms with Crippen LogP contribution in [0, 0.1) is 18.3 Å². The quantitative estimate of drug-likeness (QED) is 0.589. The Bertz CT molecular complexity index is 230. The fourth-order valence-electron chi connectivity index (χ4n) is 1.68. The predicted octanol–water partition coefficient (Wildman–Crippen LogP) is 0.239. The molecule has 1 saturated heterocycles. The van der Waals surface area contributed by atoms with E-state index in [4.69, 9.17) is 6.42 Å². The summed E-state index contributed by atoms with van der Waals surface area (Å²) in [5.41, 5.74) is 0. The van der Waals surface area contributed by atoms with Crippen LogP contribution in [-0.2, 0) is 4.79 Å². The van der Waals surface area contributed by atoms with Crippen molar-refractivity contribution < 1.29 is 9.90 Å². The van der Waals surface area contributed by atoms with Crippen LogP contribution in [0.5, 0.6) is 0 Å². The predicted molar refractivity (Wildman–Crippen MR) is 49.8 cm³/mol. The fraction of sp³-hybridized carbons (Fsp3) is 0.700. The Labute approximate surface area is 78.7 Å². The van der Waals surface area contributed by atoms with Gasteiger partial charge in [-0.15, -0.1) is 6.42 Å². The Morgan fingerprint density at radius 2 is 2.46 bits per heavy atom. The summed E-state index contributed by atoms with van der Waals surface area (Å²) in [4.78, 5) is 12.8. The average Bonchev–Trinajstić information content (AvgIpc) is 2.17. The van der Waals surface area contributed by atoms with Crippen molar-refractivity contribution in [3.63, 3.8) is 0 Å². The van der Waals surface area contributed by atoms with Crippen LogP contribution in [0.15, 0.2) is 0 Å². The largest absolute Gasteiger partial charge is 0.393 e. The molecule has 0 saturated carbocycles. The van der Waals surface area contributed by atoms with Crippen molar-refractivity contribution in [1.29, 1.82) is 0 Å². The maximum absolute atomic E-state index is 11.1. The highest BCUT2D eigenvalue weighted by Gasteiger charge is 2.25. The highest BCUT2D eigenvalue weighted by Crippen LogP contribution is 2.19. The number of hydrogen-bond acceptors (Lipinski definition) is 2. The van der Waals surface area contributed by atoms with E-state index >= 15 is 0 Å². The number of likely N-dealkylation sites (tertiary alicyclic amines) is 1. The van der Waals surface area contributed by atoms with Gasteiger partial charge in [0.15, 0.2) is 0 Å². The molecule has 72 valence electrons. The van der Waals surface area contributed by atoms with Crippen LogP contribution in [0.25, 0.3) is 0 Å². The summed E-state index contributed by atoms with van der Waals surface area (Å²) >= 11 is 0. The van der Waals surface area contributed by atoms with Crippen molar-refractivity contribution >= 4 is 5.91 Å². The monoisotopic (exact) mass is 181 g/mol. The lowest BCUT2D eigenvalue weighted by Crippen LogP contribution is -2.42. The Morgan fingerprint density at radius 3 is 3.00 bits per heavy atom. The fourth-order valence-corrected chi connectivity index (χ4v) is 1.68. The molecule has 2 unspecified atom stereocenters. The number of rotatable bonds is 1. The van der Waals surface area contributed by atoms with Crippen LogP contribution < -0.4 is 0 Å². The Balaban J connectivity index is 2.52. The van der Waals surface area contributed by atoms with E-state index < -0.39 is 0 Å². The van der Waals surface area contributed by atoms with Crippen LogP contribution in [0.4, 0.5) is 0 Å². The summed E-state index contributed by atoms with van der Waals surface area (Å²) in [5, 5.41) is 9.36. The Hall–Kier alpha value is -1.01. The van der Waals surface area contributed by atoms with E-state index in [1.165, 1.54) is 0 Å². The van der Waals surface area contributed by atoms with Crippen LogP contribution in [0.1, 0.15) is 19.8 Å². The van der Waals surface area contributed by atoms with Gasteiger partial charge in [-0.3, -0.25) is 4.79 Å². The van der Waals surface area contributed by atoms with Gasteiger partial charge in [-0.05, 0) is 25.7 Å². The van der Waals surface area contributed by atoms with Crippen molar-refractivity contribution in [2.24, 2.45) is 5.92 Å². The number of nitrogens with zero attached hydrogens (tertiary/aromatic N) is 1. The average molecular weight is 181 g/mol. The number of carbonyl (C=O) groups excluding carboxylic acids is 1. The first-order chi connectivity index (χ1) is 6.15. The first kappa shape index (κ1) is 10.1. The summed E-state index contributed by atoms with van der Waals surface area (Å²) in [6.07, 6.45) is 6.58. The maximum Gasteiger partial charge on any atom is 0.298 e. The van der Waals surface area contributed by atoms with Gasteiger partial charge in [0.05, 0.1) is 6.10 Å². The lowest BCUT2D eigenvalue weighted by atomic mass is 9.93. The molecule has 0 bridgehead atoms. The molecule has 0 aliphatic carbocycles. The van der Waals surface area contributed by atoms with Gasteiger partial charge >= 0.3 is 0 Å². The van der Waals surface area contributed by atoms with Crippen molar-refractivity contribution in [3.8, 4) is 12.3 Å². The Kier molecular flexibility index (Phi) is 3.32. The molecule has 0 aromatic rings. The third-order valence-corrected chi connectivity index (χ3v) is 2.55. The van der Waals surface area contributed by atoms with E-state index in [9.17, 15) is 9.90 Å². The van der Waals surface area contributed by atoms with E-state index in [0.29, 0.717) is 6.54 Å². The van der Waals surface area contributed by atoms with E-state index in [1.54, 1.807) is 11.8 Å². The van der Waals surface area contributed by atoms with E-state index in [2.05, 4.69) is 5.92 Å². The van der Waals surface area contributed by atoms with Crippen LogP contribution in [0.2, 0.25) is 0 Å².